The van der Waals surface area contributed by atoms with Crippen molar-refractivity contribution in [2.75, 3.05) is 26.5 Å². The monoisotopic (exact) mass is 355 g/mol. The quantitative estimate of drug-likeness (QED) is 0.433. The largest absolute Gasteiger partial charge is 0.494 e. The molecule has 0 unspecified atom stereocenters. The number of fused-ring (bicyclic) bond motifs is 1. The number of ether oxygens (including phenoxy) is 3. The number of nitrogens with zero attached hydrogens (tertiary/aromatic N) is 1. The molecule has 1 heterocycles. The molecule has 0 spiro atoms. The van der Waals surface area contributed by atoms with E-state index in [0.29, 0.717) is 13.2 Å². The molecule has 6 nitrogen and oxygen atoms in total. The average molecular weight is 355 g/mol. The van der Waals surface area contributed by atoms with Crippen molar-refractivity contribution in [2.24, 2.45) is 4.99 Å². The summed E-state index contributed by atoms with van der Waals surface area (Å²) < 4.78 is 16.4. The van der Waals surface area contributed by atoms with Crippen LogP contribution in [0.2, 0.25) is 0 Å². The van der Waals surface area contributed by atoms with Crippen LogP contribution in [0.3, 0.4) is 0 Å². The molecule has 0 atom stereocenters. The van der Waals surface area contributed by atoms with E-state index in [1.165, 1.54) is 0 Å². The molecule has 0 bridgehead atoms. The minimum absolute atomic E-state index is 0.289. The zero-order chi connectivity index (χ0) is 18.0. The second-order valence-corrected chi connectivity index (χ2v) is 5.82. The van der Waals surface area contributed by atoms with Crippen LogP contribution in [0.4, 0.5) is 0 Å². The van der Waals surface area contributed by atoms with E-state index < -0.39 is 0 Å². The lowest BCUT2D eigenvalue weighted by Crippen LogP contribution is -2.38. The molecule has 0 saturated carbocycles. The summed E-state index contributed by atoms with van der Waals surface area (Å²) in [5.74, 6) is 3.27. The molecule has 0 aromatic heterocycles. The molecule has 1 aliphatic heterocycles. The second kappa shape index (κ2) is 9.56. The Morgan fingerprint density at radius 1 is 1.08 bits per heavy atom. The first kappa shape index (κ1) is 17.9. The van der Waals surface area contributed by atoms with Crippen molar-refractivity contribution in [3.05, 3.63) is 54.1 Å². The Morgan fingerprint density at radius 3 is 2.77 bits per heavy atom. The van der Waals surface area contributed by atoms with E-state index in [1.807, 2.05) is 48.5 Å². The van der Waals surface area contributed by atoms with Crippen LogP contribution in [-0.4, -0.2) is 32.4 Å². The Kier molecular flexibility index (Phi) is 6.59. The van der Waals surface area contributed by atoms with Gasteiger partial charge in [-0.3, -0.25) is 0 Å². The Labute approximate surface area is 154 Å². The third kappa shape index (κ3) is 5.31. The smallest absolute Gasteiger partial charge is 0.231 e. The van der Waals surface area contributed by atoms with Gasteiger partial charge in [0.1, 0.15) is 5.75 Å². The number of nitrogens with one attached hydrogen (secondary N) is 2. The molecule has 2 aromatic carbocycles. The van der Waals surface area contributed by atoms with Gasteiger partial charge in [-0.2, -0.15) is 0 Å². The minimum Gasteiger partial charge on any atom is -0.494 e. The number of benzene rings is 2. The molecule has 6 heteroatoms. The second-order valence-electron chi connectivity index (χ2n) is 5.82. The highest BCUT2D eigenvalue weighted by Crippen LogP contribution is 2.32. The molecular weight excluding hydrogens is 330 g/mol. The highest BCUT2D eigenvalue weighted by molar-refractivity contribution is 5.79. The summed E-state index contributed by atoms with van der Waals surface area (Å²) in [5.41, 5.74) is 1.08. The number of aliphatic imine (C=N–C) groups is 1. The summed E-state index contributed by atoms with van der Waals surface area (Å²) in [4.78, 5) is 4.62. The van der Waals surface area contributed by atoms with Crippen molar-refractivity contribution in [3.63, 3.8) is 0 Å². The van der Waals surface area contributed by atoms with E-state index >= 15 is 0 Å². The highest BCUT2D eigenvalue weighted by Gasteiger charge is 2.12. The van der Waals surface area contributed by atoms with Gasteiger partial charge in [0, 0.05) is 13.1 Å². The molecule has 0 saturated heterocycles. The normalized spacial score (nSPS) is 12.7. The predicted molar refractivity (Wildman–Crippen MR) is 102 cm³/mol. The molecule has 26 heavy (non-hydrogen) atoms. The Bertz CT molecular complexity index is 719. The fourth-order valence-corrected chi connectivity index (χ4v) is 2.54. The van der Waals surface area contributed by atoms with E-state index in [4.69, 9.17) is 14.2 Å². The van der Waals surface area contributed by atoms with Crippen LogP contribution in [0.5, 0.6) is 17.2 Å². The summed E-state index contributed by atoms with van der Waals surface area (Å²) >= 11 is 0. The number of guanidine groups is 1. The van der Waals surface area contributed by atoms with E-state index in [1.54, 1.807) is 0 Å². The lowest BCUT2D eigenvalue weighted by molar-refractivity contribution is 0.174. The maximum atomic E-state index is 5.69. The van der Waals surface area contributed by atoms with Gasteiger partial charge in [-0.25, -0.2) is 4.99 Å². The predicted octanol–water partition coefficient (Wildman–Crippen LogP) is 2.94. The van der Waals surface area contributed by atoms with Crippen LogP contribution >= 0.6 is 0 Å². The molecule has 3 rings (SSSR count). The van der Waals surface area contributed by atoms with Crippen molar-refractivity contribution in [3.8, 4) is 17.2 Å². The van der Waals surface area contributed by atoms with E-state index in [9.17, 15) is 0 Å². The maximum absolute atomic E-state index is 5.69. The van der Waals surface area contributed by atoms with Crippen LogP contribution < -0.4 is 24.8 Å². The fraction of sp³-hybridized carbons (Fsp3) is 0.350. The van der Waals surface area contributed by atoms with Crippen LogP contribution in [0, 0.1) is 0 Å². The van der Waals surface area contributed by atoms with Crippen LogP contribution in [0.1, 0.15) is 18.9 Å². The van der Waals surface area contributed by atoms with Crippen molar-refractivity contribution >= 4 is 5.96 Å². The van der Waals surface area contributed by atoms with E-state index in [-0.39, 0.29) is 6.79 Å². The Morgan fingerprint density at radius 2 is 1.92 bits per heavy atom. The number of hydrogen-bond donors (Lipinski definition) is 2. The molecule has 0 aliphatic carbocycles. The fourth-order valence-electron chi connectivity index (χ4n) is 2.54. The average Bonchev–Trinajstić information content (AvgIpc) is 3.14. The summed E-state index contributed by atoms with van der Waals surface area (Å²) in [5, 5.41) is 6.59. The highest BCUT2D eigenvalue weighted by atomic mass is 16.7. The maximum Gasteiger partial charge on any atom is 0.231 e. The summed E-state index contributed by atoms with van der Waals surface area (Å²) in [6.07, 6.45) is 0.892. The third-order valence-corrected chi connectivity index (χ3v) is 3.83. The van der Waals surface area contributed by atoms with Crippen LogP contribution in [0.15, 0.2) is 53.5 Å². The van der Waals surface area contributed by atoms with E-state index in [0.717, 1.165) is 48.3 Å². The molecule has 0 fully saturated rings. The topological polar surface area (TPSA) is 64.1 Å². The standard InChI is InChI=1S/C20H25N3O3/c1-2-21-20(22-11-6-12-24-17-7-4-3-5-8-17)23-14-16-9-10-18-19(13-16)26-15-25-18/h3-5,7-10,13H,2,6,11-12,14-15H2,1H3,(H2,21,22,23). The first-order chi connectivity index (χ1) is 12.8. The SMILES string of the molecule is CCNC(=NCc1ccc2c(c1)OCO2)NCCCOc1ccccc1. The van der Waals surface area contributed by atoms with Gasteiger partial charge < -0.3 is 24.8 Å². The van der Waals surface area contributed by atoms with Gasteiger partial charge >= 0.3 is 0 Å². The molecular formula is C20H25N3O3. The molecule has 2 aromatic rings. The zero-order valence-corrected chi connectivity index (χ0v) is 15.0. The van der Waals surface area contributed by atoms with Crippen molar-refractivity contribution in [2.45, 2.75) is 19.9 Å². The van der Waals surface area contributed by atoms with Crippen LogP contribution in [-0.2, 0) is 6.54 Å². The first-order valence-corrected chi connectivity index (χ1v) is 8.93. The summed E-state index contributed by atoms with van der Waals surface area (Å²) in [7, 11) is 0. The lowest BCUT2D eigenvalue weighted by Gasteiger charge is -2.12. The molecule has 138 valence electrons. The zero-order valence-electron chi connectivity index (χ0n) is 15.0. The number of rotatable bonds is 8. The van der Waals surface area contributed by atoms with Crippen molar-refractivity contribution < 1.29 is 14.2 Å². The first-order valence-electron chi connectivity index (χ1n) is 8.93. The van der Waals surface area contributed by atoms with Gasteiger partial charge in [-0.1, -0.05) is 24.3 Å². The van der Waals surface area contributed by atoms with E-state index in [2.05, 4.69) is 22.5 Å². The summed E-state index contributed by atoms with van der Waals surface area (Å²) in [6, 6.07) is 15.8. The molecule has 2 N–H and O–H groups in total. The van der Waals surface area contributed by atoms with Gasteiger partial charge in [-0.05, 0) is 43.2 Å². The number of para-hydroxylation sites is 1. The van der Waals surface area contributed by atoms with Gasteiger partial charge in [-0.15, -0.1) is 0 Å². The van der Waals surface area contributed by atoms with Gasteiger partial charge in [0.15, 0.2) is 17.5 Å². The molecule has 0 radical (unpaired) electrons. The number of hydrogen-bond acceptors (Lipinski definition) is 4. The minimum atomic E-state index is 0.289. The molecule has 1 aliphatic rings. The van der Waals surface area contributed by atoms with Crippen molar-refractivity contribution in [1.82, 2.24) is 10.6 Å². The van der Waals surface area contributed by atoms with Gasteiger partial charge in [0.05, 0.1) is 13.2 Å². The van der Waals surface area contributed by atoms with Gasteiger partial charge in [0.2, 0.25) is 6.79 Å². The molecule has 0 amide bonds. The lowest BCUT2D eigenvalue weighted by atomic mass is 10.2. The summed E-state index contributed by atoms with van der Waals surface area (Å²) in [6.45, 7) is 5.19. The third-order valence-electron chi connectivity index (χ3n) is 3.83. The van der Waals surface area contributed by atoms with Gasteiger partial charge in [0.25, 0.3) is 0 Å². The van der Waals surface area contributed by atoms with Crippen molar-refractivity contribution in [1.29, 1.82) is 0 Å². The Hall–Kier alpha value is -2.89. The van der Waals surface area contributed by atoms with Crippen LogP contribution in [0.25, 0.3) is 0 Å². The Balaban J connectivity index is 1.43.